The first kappa shape index (κ1) is 16.3. The van der Waals surface area contributed by atoms with Crippen LogP contribution in [0.15, 0.2) is 34.7 Å². The first-order valence-corrected chi connectivity index (χ1v) is 8.54. The van der Waals surface area contributed by atoms with Crippen LogP contribution in [0.3, 0.4) is 0 Å². The maximum absolute atomic E-state index is 11.7. The van der Waals surface area contributed by atoms with Gasteiger partial charge in [0.2, 0.25) is 0 Å². The Labute approximate surface area is 145 Å². The van der Waals surface area contributed by atoms with E-state index in [0.29, 0.717) is 31.0 Å². The number of piperidine rings is 1. The third-order valence-corrected chi connectivity index (χ3v) is 5.05. The number of ether oxygens (including phenoxy) is 1. The number of carbonyl (C=O) groups excluding carboxylic acids is 1. The minimum Gasteiger partial charge on any atom is -0.460 e. The Hall–Kier alpha value is -2.15. The van der Waals surface area contributed by atoms with Crippen LogP contribution in [0.25, 0.3) is 11.3 Å². The van der Waals surface area contributed by atoms with Gasteiger partial charge in [0.25, 0.3) is 0 Å². The first-order valence-electron chi connectivity index (χ1n) is 8.54. The van der Waals surface area contributed by atoms with E-state index in [1.165, 1.54) is 0 Å². The van der Waals surface area contributed by atoms with E-state index in [9.17, 15) is 15.0 Å². The molecule has 0 unspecified atom stereocenters. The Bertz CT molecular complexity index is 784. The number of rotatable bonds is 4. The number of β-amino-alcohol motifs (C(OH)–C–C–N with tert-alkyl or cyclic N) is 1. The predicted molar refractivity (Wildman–Crippen MR) is 89.7 cm³/mol. The van der Waals surface area contributed by atoms with Crippen LogP contribution in [0.5, 0.6) is 0 Å². The lowest BCUT2D eigenvalue weighted by Gasteiger charge is -2.34. The molecule has 2 aliphatic rings. The van der Waals surface area contributed by atoms with Gasteiger partial charge in [-0.25, -0.2) is 4.79 Å². The molecular formula is C19H21NO5. The van der Waals surface area contributed by atoms with Gasteiger partial charge in [-0.3, -0.25) is 4.90 Å². The van der Waals surface area contributed by atoms with Crippen LogP contribution in [-0.4, -0.2) is 46.9 Å². The third-order valence-electron chi connectivity index (χ3n) is 5.05. The van der Waals surface area contributed by atoms with Crippen molar-refractivity contribution in [3.8, 4) is 11.3 Å². The highest BCUT2D eigenvalue weighted by Gasteiger charge is 2.27. The lowest BCUT2D eigenvalue weighted by molar-refractivity contribution is -0.00616. The van der Waals surface area contributed by atoms with E-state index in [0.717, 1.165) is 29.9 Å². The van der Waals surface area contributed by atoms with Crippen molar-refractivity contribution < 1.29 is 24.2 Å². The Balaban J connectivity index is 1.46. The van der Waals surface area contributed by atoms with E-state index < -0.39 is 6.10 Å². The number of aliphatic hydroxyl groups excluding tert-OH is 2. The van der Waals surface area contributed by atoms with Crippen LogP contribution in [0.1, 0.15) is 28.1 Å². The molecule has 3 heterocycles. The summed E-state index contributed by atoms with van der Waals surface area (Å²) >= 11 is 0. The van der Waals surface area contributed by atoms with Gasteiger partial charge in [0.15, 0.2) is 0 Å². The lowest BCUT2D eigenvalue weighted by atomic mass is 9.95. The summed E-state index contributed by atoms with van der Waals surface area (Å²) in [5.41, 5.74) is 2.36. The highest BCUT2D eigenvalue weighted by molar-refractivity contribution is 5.94. The van der Waals surface area contributed by atoms with Crippen LogP contribution in [-0.2, 0) is 17.9 Å². The van der Waals surface area contributed by atoms with E-state index >= 15 is 0 Å². The van der Waals surface area contributed by atoms with Gasteiger partial charge in [-0.1, -0.05) is 12.1 Å². The molecule has 2 aliphatic heterocycles. The molecule has 2 atom stereocenters. The number of cyclic esters (lactones) is 1. The van der Waals surface area contributed by atoms with Crippen LogP contribution in [0.2, 0.25) is 0 Å². The van der Waals surface area contributed by atoms with Crippen molar-refractivity contribution in [2.75, 3.05) is 19.7 Å². The average Bonchev–Trinajstić information content (AvgIpc) is 3.22. The lowest BCUT2D eigenvalue weighted by Crippen LogP contribution is -2.44. The van der Waals surface area contributed by atoms with E-state index in [2.05, 4.69) is 4.90 Å². The number of nitrogens with zero attached hydrogens (tertiary/aromatic N) is 1. The quantitative estimate of drug-likeness (QED) is 0.824. The molecule has 2 aromatic rings. The zero-order valence-corrected chi connectivity index (χ0v) is 13.9. The zero-order valence-electron chi connectivity index (χ0n) is 13.9. The van der Waals surface area contributed by atoms with Crippen LogP contribution in [0, 0.1) is 5.92 Å². The molecule has 1 saturated heterocycles. The normalized spacial score (nSPS) is 23.5. The molecule has 0 spiro atoms. The largest absolute Gasteiger partial charge is 0.460 e. The molecule has 0 radical (unpaired) electrons. The number of furan rings is 1. The molecule has 1 fully saturated rings. The SMILES string of the molecule is O=C1OCc2ccc(-c3ccc(CN4CC[C@H](CO)[C@@H](O)C4)o3)cc21. The van der Waals surface area contributed by atoms with E-state index in [1.54, 1.807) is 0 Å². The highest BCUT2D eigenvalue weighted by atomic mass is 16.5. The van der Waals surface area contributed by atoms with E-state index in [4.69, 9.17) is 9.15 Å². The van der Waals surface area contributed by atoms with Gasteiger partial charge in [0.1, 0.15) is 18.1 Å². The van der Waals surface area contributed by atoms with Crippen molar-refractivity contribution in [3.63, 3.8) is 0 Å². The number of esters is 1. The van der Waals surface area contributed by atoms with Gasteiger partial charge in [-0.15, -0.1) is 0 Å². The van der Waals surface area contributed by atoms with Crippen molar-refractivity contribution in [1.29, 1.82) is 0 Å². The van der Waals surface area contributed by atoms with Gasteiger partial charge in [0.05, 0.1) is 18.2 Å². The average molecular weight is 343 g/mol. The molecule has 1 aromatic carbocycles. The number of hydrogen-bond acceptors (Lipinski definition) is 6. The fourth-order valence-corrected chi connectivity index (χ4v) is 3.51. The molecular weight excluding hydrogens is 322 g/mol. The maximum atomic E-state index is 11.7. The van der Waals surface area contributed by atoms with Crippen molar-refractivity contribution in [2.45, 2.75) is 25.7 Å². The van der Waals surface area contributed by atoms with Gasteiger partial charge < -0.3 is 19.4 Å². The second-order valence-electron chi connectivity index (χ2n) is 6.75. The van der Waals surface area contributed by atoms with Crippen LogP contribution < -0.4 is 0 Å². The van der Waals surface area contributed by atoms with Crippen molar-refractivity contribution in [1.82, 2.24) is 4.90 Å². The highest BCUT2D eigenvalue weighted by Crippen LogP contribution is 2.29. The Morgan fingerprint density at radius 3 is 2.92 bits per heavy atom. The first-order chi connectivity index (χ1) is 12.1. The smallest absolute Gasteiger partial charge is 0.338 e. The maximum Gasteiger partial charge on any atom is 0.338 e. The minimum absolute atomic E-state index is 0.0284. The summed E-state index contributed by atoms with van der Waals surface area (Å²) in [6.45, 7) is 2.34. The summed E-state index contributed by atoms with van der Waals surface area (Å²) < 4.78 is 11.0. The Morgan fingerprint density at radius 2 is 2.12 bits per heavy atom. The molecule has 4 rings (SSSR count). The number of carbonyl (C=O) groups is 1. The topological polar surface area (TPSA) is 83.1 Å². The summed E-state index contributed by atoms with van der Waals surface area (Å²) in [5, 5.41) is 19.3. The number of hydrogen-bond donors (Lipinski definition) is 2. The molecule has 2 N–H and O–H groups in total. The molecule has 0 aliphatic carbocycles. The van der Waals surface area contributed by atoms with E-state index in [1.807, 2.05) is 30.3 Å². The summed E-state index contributed by atoms with van der Waals surface area (Å²) in [4.78, 5) is 13.8. The zero-order chi connectivity index (χ0) is 17.4. The molecule has 0 bridgehead atoms. The summed E-state index contributed by atoms with van der Waals surface area (Å²) in [5.74, 6) is 1.20. The second-order valence-corrected chi connectivity index (χ2v) is 6.75. The number of likely N-dealkylation sites (tertiary alicyclic amines) is 1. The fraction of sp³-hybridized carbons (Fsp3) is 0.421. The van der Waals surface area contributed by atoms with Gasteiger partial charge in [-0.2, -0.15) is 0 Å². The Kier molecular flexibility index (Phi) is 4.33. The van der Waals surface area contributed by atoms with Crippen molar-refractivity contribution >= 4 is 5.97 Å². The molecule has 0 amide bonds. The van der Waals surface area contributed by atoms with Gasteiger partial charge in [0, 0.05) is 30.2 Å². The summed E-state index contributed by atoms with van der Waals surface area (Å²) in [7, 11) is 0. The van der Waals surface area contributed by atoms with Crippen molar-refractivity contribution in [3.05, 3.63) is 47.2 Å². The molecule has 0 saturated carbocycles. The number of benzene rings is 1. The number of fused-ring (bicyclic) bond motifs is 1. The summed E-state index contributed by atoms with van der Waals surface area (Å²) in [6, 6.07) is 9.46. The predicted octanol–water partition coefficient (Wildman–Crippen LogP) is 1.79. The standard InChI is InChI=1S/C19H21NO5/c21-10-13-5-6-20(9-17(13)22)8-15-3-4-18(25-15)12-1-2-14-11-24-19(23)16(14)7-12/h1-4,7,13,17,21-22H,5-6,8-11H2/t13-,17+/m1/s1. The minimum atomic E-state index is -0.504. The number of aliphatic hydroxyl groups is 2. The third kappa shape index (κ3) is 3.20. The van der Waals surface area contributed by atoms with Crippen LogP contribution >= 0.6 is 0 Å². The molecule has 6 nitrogen and oxygen atoms in total. The monoisotopic (exact) mass is 343 g/mol. The molecule has 1 aromatic heterocycles. The van der Waals surface area contributed by atoms with Crippen LogP contribution in [0.4, 0.5) is 0 Å². The van der Waals surface area contributed by atoms with Crippen molar-refractivity contribution in [2.24, 2.45) is 5.92 Å². The molecule has 6 heteroatoms. The van der Waals surface area contributed by atoms with Gasteiger partial charge >= 0.3 is 5.97 Å². The molecule has 25 heavy (non-hydrogen) atoms. The Morgan fingerprint density at radius 1 is 1.24 bits per heavy atom. The molecule has 132 valence electrons. The fourth-order valence-electron chi connectivity index (χ4n) is 3.51. The summed E-state index contributed by atoms with van der Waals surface area (Å²) in [6.07, 6.45) is 0.272. The van der Waals surface area contributed by atoms with Gasteiger partial charge in [-0.05, 0) is 31.2 Å². The second kappa shape index (κ2) is 6.63. The van der Waals surface area contributed by atoms with E-state index in [-0.39, 0.29) is 18.5 Å².